The lowest BCUT2D eigenvalue weighted by Gasteiger charge is -2.28. The number of aliphatic hydroxyl groups is 1. The molecule has 1 fully saturated rings. The van der Waals surface area contributed by atoms with Crippen LogP contribution in [0.2, 0.25) is 0 Å². The van der Waals surface area contributed by atoms with E-state index in [0.29, 0.717) is 6.42 Å². The first-order valence-corrected chi connectivity index (χ1v) is 6.54. The van der Waals surface area contributed by atoms with Gasteiger partial charge in [0.25, 0.3) is 0 Å². The van der Waals surface area contributed by atoms with Gasteiger partial charge in [0.1, 0.15) is 0 Å². The summed E-state index contributed by atoms with van der Waals surface area (Å²) in [7, 11) is 5.59. The topological polar surface area (TPSA) is 43.8 Å². The van der Waals surface area contributed by atoms with Gasteiger partial charge in [0, 0.05) is 27.1 Å². The van der Waals surface area contributed by atoms with Crippen molar-refractivity contribution in [2.24, 2.45) is 0 Å². The highest BCUT2D eigenvalue weighted by Gasteiger charge is 2.31. The zero-order valence-corrected chi connectivity index (χ0v) is 11.4. The molecule has 0 saturated heterocycles. The second-order valence-electron chi connectivity index (χ2n) is 5.56. The first kappa shape index (κ1) is 14.5. The third-order valence-corrected chi connectivity index (χ3v) is 3.53. The van der Waals surface area contributed by atoms with Gasteiger partial charge in [-0.15, -0.1) is 0 Å². The lowest BCUT2D eigenvalue weighted by Crippen LogP contribution is -2.39. The average Bonchev–Trinajstić information content (AvgIpc) is 2.64. The van der Waals surface area contributed by atoms with E-state index in [9.17, 15) is 9.90 Å². The van der Waals surface area contributed by atoms with Crippen LogP contribution in [0.3, 0.4) is 0 Å². The van der Waals surface area contributed by atoms with Crippen molar-refractivity contribution in [3.05, 3.63) is 0 Å². The van der Waals surface area contributed by atoms with Gasteiger partial charge in [0.05, 0.1) is 5.60 Å². The van der Waals surface area contributed by atoms with Crippen LogP contribution in [-0.4, -0.2) is 60.6 Å². The second-order valence-corrected chi connectivity index (χ2v) is 5.56. The van der Waals surface area contributed by atoms with Gasteiger partial charge >= 0.3 is 0 Å². The standard InChI is InChI=1S/C13H26N2O2/c1-14(2)12(16)7-6-10-15(3)11-13(17)8-4-5-9-13/h17H,4-11H2,1-3H3. The molecule has 0 aromatic heterocycles. The van der Waals surface area contributed by atoms with E-state index in [1.54, 1.807) is 19.0 Å². The Bertz CT molecular complexity index is 248. The fraction of sp³-hybridized carbons (Fsp3) is 0.923. The van der Waals surface area contributed by atoms with Crippen LogP contribution in [0.5, 0.6) is 0 Å². The van der Waals surface area contributed by atoms with Crippen molar-refractivity contribution in [1.82, 2.24) is 9.80 Å². The first-order chi connectivity index (χ1) is 7.93. The largest absolute Gasteiger partial charge is 0.389 e. The van der Waals surface area contributed by atoms with Gasteiger partial charge < -0.3 is 14.9 Å². The van der Waals surface area contributed by atoms with Crippen molar-refractivity contribution in [1.29, 1.82) is 0 Å². The molecule has 4 nitrogen and oxygen atoms in total. The fourth-order valence-electron chi connectivity index (χ4n) is 2.50. The highest BCUT2D eigenvalue weighted by atomic mass is 16.3. The molecule has 0 unspecified atom stereocenters. The van der Waals surface area contributed by atoms with Gasteiger partial charge in [0.15, 0.2) is 0 Å². The van der Waals surface area contributed by atoms with E-state index in [2.05, 4.69) is 4.90 Å². The number of carbonyl (C=O) groups excluding carboxylic acids is 1. The third kappa shape index (κ3) is 5.04. The molecule has 1 amide bonds. The Kier molecular flexibility index (Phi) is 5.40. The maximum atomic E-state index is 11.4. The van der Waals surface area contributed by atoms with Crippen molar-refractivity contribution < 1.29 is 9.90 Å². The molecule has 4 heteroatoms. The molecule has 100 valence electrons. The Morgan fingerprint density at radius 1 is 1.24 bits per heavy atom. The van der Waals surface area contributed by atoms with Gasteiger partial charge in [-0.1, -0.05) is 12.8 Å². The number of carbonyl (C=O) groups is 1. The van der Waals surface area contributed by atoms with Crippen molar-refractivity contribution in [2.45, 2.75) is 44.1 Å². The van der Waals surface area contributed by atoms with Gasteiger partial charge in [-0.3, -0.25) is 4.79 Å². The summed E-state index contributed by atoms with van der Waals surface area (Å²) in [5, 5.41) is 10.2. The first-order valence-electron chi connectivity index (χ1n) is 6.54. The van der Waals surface area contributed by atoms with Crippen LogP contribution in [-0.2, 0) is 4.79 Å². The van der Waals surface area contributed by atoms with Crippen LogP contribution < -0.4 is 0 Å². The van der Waals surface area contributed by atoms with Crippen molar-refractivity contribution >= 4 is 5.91 Å². The number of likely N-dealkylation sites (N-methyl/N-ethyl adjacent to an activating group) is 1. The molecule has 0 radical (unpaired) electrons. The molecule has 1 saturated carbocycles. The number of rotatable bonds is 6. The molecule has 0 spiro atoms. The van der Waals surface area contributed by atoms with E-state index in [-0.39, 0.29) is 5.91 Å². The normalized spacial score (nSPS) is 18.6. The molecule has 1 N–H and O–H groups in total. The monoisotopic (exact) mass is 242 g/mol. The maximum absolute atomic E-state index is 11.4. The lowest BCUT2D eigenvalue weighted by atomic mass is 10.0. The minimum atomic E-state index is -0.472. The Hall–Kier alpha value is -0.610. The summed E-state index contributed by atoms with van der Waals surface area (Å²) in [4.78, 5) is 15.2. The predicted octanol–water partition coefficient (Wildman–Crippen LogP) is 1.09. The van der Waals surface area contributed by atoms with E-state index >= 15 is 0 Å². The van der Waals surface area contributed by atoms with Crippen LogP contribution in [0, 0.1) is 0 Å². The lowest BCUT2D eigenvalue weighted by molar-refractivity contribution is -0.128. The van der Waals surface area contributed by atoms with Crippen molar-refractivity contribution in [3.8, 4) is 0 Å². The highest BCUT2D eigenvalue weighted by molar-refractivity contribution is 5.75. The third-order valence-electron chi connectivity index (χ3n) is 3.53. The number of hydrogen-bond acceptors (Lipinski definition) is 3. The molecule has 17 heavy (non-hydrogen) atoms. The summed E-state index contributed by atoms with van der Waals surface area (Å²) < 4.78 is 0. The predicted molar refractivity (Wildman–Crippen MR) is 68.8 cm³/mol. The number of amides is 1. The zero-order chi connectivity index (χ0) is 12.9. The molecule has 0 aliphatic heterocycles. The molecule has 0 aromatic rings. The number of hydrogen-bond donors (Lipinski definition) is 1. The Balaban J connectivity index is 2.17. The number of nitrogens with zero attached hydrogens (tertiary/aromatic N) is 2. The van der Waals surface area contributed by atoms with Gasteiger partial charge in [-0.2, -0.15) is 0 Å². The molecule has 0 atom stereocenters. The van der Waals surface area contributed by atoms with Crippen LogP contribution in [0.4, 0.5) is 0 Å². The molecule has 1 aliphatic carbocycles. The van der Waals surface area contributed by atoms with E-state index in [0.717, 1.165) is 45.2 Å². The summed E-state index contributed by atoms with van der Waals surface area (Å²) >= 11 is 0. The van der Waals surface area contributed by atoms with E-state index in [4.69, 9.17) is 0 Å². The van der Waals surface area contributed by atoms with Crippen LogP contribution in [0.15, 0.2) is 0 Å². The molecule has 0 aromatic carbocycles. The molecule has 0 heterocycles. The van der Waals surface area contributed by atoms with Gasteiger partial charge in [-0.05, 0) is 32.9 Å². The maximum Gasteiger partial charge on any atom is 0.222 e. The molecular formula is C13H26N2O2. The summed E-state index contributed by atoms with van der Waals surface area (Å²) in [5.74, 6) is 0.179. The van der Waals surface area contributed by atoms with Crippen molar-refractivity contribution in [3.63, 3.8) is 0 Å². The minimum Gasteiger partial charge on any atom is -0.389 e. The van der Waals surface area contributed by atoms with Crippen LogP contribution in [0.25, 0.3) is 0 Å². The minimum absolute atomic E-state index is 0.179. The molecule has 1 aliphatic rings. The summed E-state index contributed by atoms with van der Waals surface area (Å²) in [6, 6.07) is 0. The van der Waals surface area contributed by atoms with Gasteiger partial charge in [-0.25, -0.2) is 0 Å². The van der Waals surface area contributed by atoms with E-state index < -0.39 is 5.60 Å². The SMILES string of the molecule is CN(CCCC(=O)N(C)C)CC1(O)CCCC1. The Morgan fingerprint density at radius 3 is 2.35 bits per heavy atom. The summed E-state index contributed by atoms with van der Waals surface area (Å²) in [5.41, 5.74) is -0.472. The molecular weight excluding hydrogens is 216 g/mol. The fourth-order valence-corrected chi connectivity index (χ4v) is 2.50. The average molecular weight is 242 g/mol. The van der Waals surface area contributed by atoms with Crippen LogP contribution in [0.1, 0.15) is 38.5 Å². The molecule has 0 bridgehead atoms. The van der Waals surface area contributed by atoms with E-state index in [1.165, 1.54) is 0 Å². The zero-order valence-electron chi connectivity index (χ0n) is 11.4. The highest BCUT2D eigenvalue weighted by Crippen LogP contribution is 2.29. The van der Waals surface area contributed by atoms with Crippen LogP contribution >= 0.6 is 0 Å². The second kappa shape index (κ2) is 6.36. The van der Waals surface area contributed by atoms with E-state index in [1.807, 2.05) is 7.05 Å². The quantitative estimate of drug-likeness (QED) is 0.758. The Morgan fingerprint density at radius 2 is 1.82 bits per heavy atom. The summed E-state index contributed by atoms with van der Waals surface area (Å²) in [6.07, 6.45) is 5.59. The molecule has 1 rings (SSSR count). The summed E-state index contributed by atoms with van der Waals surface area (Å²) in [6.45, 7) is 1.62. The van der Waals surface area contributed by atoms with Gasteiger partial charge in [0.2, 0.25) is 5.91 Å². The Labute approximate surface area is 105 Å². The smallest absolute Gasteiger partial charge is 0.222 e. The van der Waals surface area contributed by atoms with Crippen molar-refractivity contribution in [2.75, 3.05) is 34.2 Å².